The molecule has 1 aliphatic rings. The summed E-state index contributed by atoms with van der Waals surface area (Å²) in [5.74, 6) is -0.0540. The lowest BCUT2D eigenvalue weighted by atomic mass is 10.0. The van der Waals surface area contributed by atoms with Crippen LogP contribution in [-0.4, -0.2) is 40.8 Å². The predicted octanol–water partition coefficient (Wildman–Crippen LogP) is 4.37. The second kappa shape index (κ2) is 9.56. The van der Waals surface area contributed by atoms with Crippen molar-refractivity contribution in [1.29, 1.82) is 0 Å². The molecule has 1 atom stereocenters. The summed E-state index contributed by atoms with van der Waals surface area (Å²) in [5.41, 5.74) is 0.603. The minimum absolute atomic E-state index is 0.00634. The number of hydrogen-bond donors (Lipinski definition) is 1. The van der Waals surface area contributed by atoms with Crippen LogP contribution in [0, 0.1) is 5.92 Å². The lowest BCUT2D eigenvalue weighted by Gasteiger charge is -2.33. The highest BCUT2D eigenvalue weighted by molar-refractivity contribution is 9.10. The minimum Gasteiger partial charge on any atom is -0.351 e. The molecule has 0 bridgehead atoms. The molecule has 0 aliphatic carbocycles. The van der Waals surface area contributed by atoms with Crippen molar-refractivity contribution in [3.8, 4) is 0 Å². The van der Waals surface area contributed by atoms with Crippen molar-refractivity contribution in [3.63, 3.8) is 0 Å². The number of piperidine rings is 1. The summed E-state index contributed by atoms with van der Waals surface area (Å²) < 4.78 is 1.01. The Hall–Kier alpha value is -1.86. The Morgan fingerprint density at radius 1 is 1.25 bits per heavy atom. The number of halogens is 1. The lowest BCUT2D eigenvalue weighted by Crippen LogP contribution is -2.50. The van der Waals surface area contributed by atoms with Crippen LogP contribution in [0.4, 0.5) is 0 Å². The number of pyridine rings is 1. The van der Waals surface area contributed by atoms with Crippen LogP contribution >= 0.6 is 27.7 Å². The van der Waals surface area contributed by atoms with Crippen LogP contribution in [0.5, 0.6) is 0 Å². The molecule has 148 valence electrons. The maximum Gasteiger partial charge on any atom is 0.256 e. The third-order valence-electron chi connectivity index (χ3n) is 4.61. The molecule has 1 aliphatic heterocycles. The molecule has 7 heteroatoms. The number of nitrogens with zero attached hydrogens (tertiary/aromatic N) is 2. The van der Waals surface area contributed by atoms with E-state index in [1.165, 1.54) is 11.8 Å². The van der Waals surface area contributed by atoms with Crippen molar-refractivity contribution in [3.05, 3.63) is 52.6 Å². The van der Waals surface area contributed by atoms with Crippen molar-refractivity contribution < 1.29 is 9.59 Å². The van der Waals surface area contributed by atoms with Crippen molar-refractivity contribution >= 4 is 39.5 Å². The zero-order chi connectivity index (χ0) is 20.1. The molecular weight excluding hydrogens is 438 g/mol. The lowest BCUT2D eigenvalue weighted by molar-refractivity contribution is -0.125. The fourth-order valence-corrected chi connectivity index (χ4v) is 4.21. The molecule has 1 aromatic carbocycles. The number of nitrogens with one attached hydrogen (secondary N) is 1. The summed E-state index contributed by atoms with van der Waals surface area (Å²) in [5, 5.41) is 3.75. The van der Waals surface area contributed by atoms with Crippen molar-refractivity contribution in [1.82, 2.24) is 15.2 Å². The number of amides is 2. The molecule has 5 nitrogen and oxygen atoms in total. The van der Waals surface area contributed by atoms with Gasteiger partial charge in [-0.15, -0.1) is 0 Å². The van der Waals surface area contributed by atoms with Crippen molar-refractivity contribution in [2.45, 2.75) is 42.7 Å². The van der Waals surface area contributed by atoms with E-state index in [4.69, 9.17) is 0 Å². The first-order chi connectivity index (χ1) is 13.4. The first-order valence-corrected chi connectivity index (χ1v) is 11.0. The summed E-state index contributed by atoms with van der Waals surface area (Å²) in [4.78, 5) is 32.5. The van der Waals surface area contributed by atoms with Crippen LogP contribution in [0.3, 0.4) is 0 Å². The maximum atomic E-state index is 13.2. The number of likely N-dealkylation sites (tertiary alicyclic amines) is 1. The molecule has 1 fully saturated rings. The van der Waals surface area contributed by atoms with Crippen molar-refractivity contribution in [2.24, 2.45) is 5.92 Å². The van der Waals surface area contributed by atoms with Gasteiger partial charge in [-0.25, -0.2) is 4.98 Å². The average molecular weight is 462 g/mol. The topological polar surface area (TPSA) is 62.3 Å². The molecule has 0 radical (unpaired) electrons. The van der Waals surface area contributed by atoms with E-state index in [0.717, 1.165) is 22.2 Å². The molecule has 2 aromatic rings. The monoisotopic (exact) mass is 461 g/mol. The van der Waals surface area contributed by atoms with Gasteiger partial charge >= 0.3 is 0 Å². The zero-order valence-electron chi connectivity index (χ0n) is 16.0. The van der Waals surface area contributed by atoms with Gasteiger partial charge in [0.15, 0.2) is 0 Å². The quantitative estimate of drug-likeness (QED) is 0.717. The summed E-state index contributed by atoms with van der Waals surface area (Å²) in [6.07, 6.45) is 3.49. The Bertz CT molecular complexity index is 842. The fourth-order valence-electron chi connectivity index (χ4n) is 3.07. The van der Waals surface area contributed by atoms with E-state index in [2.05, 4.69) is 26.2 Å². The van der Waals surface area contributed by atoms with Crippen LogP contribution in [0.2, 0.25) is 0 Å². The average Bonchev–Trinajstić information content (AvgIpc) is 2.70. The molecule has 2 amide bonds. The normalized spacial score (nSPS) is 16.9. The van der Waals surface area contributed by atoms with Gasteiger partial charge in [0.1, 0.15) is 5.03 Å². The van der Waals surface area contributed by atoms with Gasteiger partial charge in [0.2, 0.25) is 5.91 Å². The van der Waals surface area contributed by atoms with Crippen LogP contribution in [0.1, 0.15) is 37.0 Å². The van der Waals surface area contributed by atoms with E-state index < -0.39 is 0 Å². The summed E-state index contributed by atoms with van der Waals surface area (Å²) in [6, 6.07) is 11.6. The maximum absolute atomic E-state index is 13.2. The third kappa shape index (κ3) is 5.35. The molecule has 2 heterocycles. The second-order valence-corrected chi connectivity index (χ2v) is 9.14. The Balaban J connectivity index is 1.73. The first-order valence-electron chi connectivity index (χ1n) is 9.42. The van der Waals surface area contributed by atoms with E-state index in [9.17, 15) is 9.59 Å². The highest BCUT2D eigenvalue weighted by Crippen LogP contribution is 2.30. The molecule has 1 saturated heterocycles. The molecule has 1 N–H and O–H groups in total. The standard InChI is InChI=1S/C21H24BrN3O2S/c1-14(2)19(26)24-16-5-4-12-25(13-16)21(27)18-6-3-11-23-20(18)28-17-9-7-15(22)8-10-17/h3,6-11,14,16H,4-5,12-13H2,1-2H3,(H,24,26). The van der Waals surface area contributed by atoms with Gasteiger partial charge in [-0.3, -0.25) is 9.59 Å². The van der Waals surface area contributed by atoms with E-state index in [-0.39, 0.29) is 23.8 Å². The zero-order valence-corrected chi connectivity index (χ0v) is 18.4. The number of rotatable bonds is 5. The molecule has 1 unspecified atom stereocenters. The number of benzene rings is 1. The first kappa shape index (κ1) is 20.9. The van der Waals surface area contributed by atoms with Crippen LogP contribution in [0.25, 0.3) is 0 Å². The number of carbonyl (C=O) groups excluding carboxylic acids is 2. The number of hydrogen-bond acceptors (Lipinski definition) is 4. The van der Waals surface area contributed by atoms with Gasteiger partial charge in [-0.1, -0.05) is 41.5 Å². The van der Waals surface area contributed by atoms with Gasteiger partial charge in [-0.05, 0) is 49.2 Å². The van der Waals surface area contributed by atoms with Gasteiger partial charge in [-0.2, -0.15) is 0 Å². The SMILES string of the molecule is CC(C)C(=O)NC1CCCN(C(=O)c2cccnc2Sc2ccc(Br)cc2)C1. The fraction of sp³-hybridized carbons (Fsp3) is 0.381. The van der Waals surface area contributed by atoms with Crippen LogP contribution in [-0.2, 0) is 4.79 Å². The summed E-state index contributed by atoms with van der Waals surface area (Å²) in [7, 11) is 0. The van der Waals surface area contributed by atoms with E-state index >= 15 is 0 Å². The van der Waals surface area contributed by atoms with Gasteiger partial charge in [0, 0.05) is 40.6 Å². The third-order valence-corrected chi connectivity index (χ3v) is 6.16. The van der Waals surface area contributed by atoms with E-state index in [1.54, 1.807) is 12.3 Å². The Labute approximate surface area is 178 Å². The molecule has 0 saturated carbocycles. The van der Waals surface area contributed by atoms with E-state index in [0.29, 0.717) is 23.7 Å². The largest absolute Gasteiger partial charge is 0.351 e. The highest BCUT2D eigenvalue weighted by Gasteiger charge is 2.27. The Kier molecular flexibility index (Phi) is 7.13. The summed E-state index contributed by atoms with van der Waals surface area (Å²) in [6.45, 7) is 4.99. The van der Waals surface area contributed by atoms with Gasteiger partial charge in [0.25, 0.3) is 5.91 Å². The van der Waals surface area contributed by atoms with Gasteiger partial charge in [0.05, 0.1) is 5.56 Å². The van der Waals surface area contributed by atoms with Gasteiger partial charge < -0.3 is 10.2 Å². The number of aromatic nitrogens is 1. The molecule has 3 rings (SSSR count). The Morgan fingerprint density at radius 3 is 2.71 bits per heavy atom. The molecule has 1 aromatic heterocycles. The summed E-state index contributed by atoms with van der Waals surface area (Å²) >= 11 is 4.92. The molecule has 28 heavy (non-hydrogen) atoms. The second-order valence-electron chi connectivity index (χ2n) is 7.17. The molecular formula is C21H24BrN3O2S. The Morgan fingerprint density at radius 2 is 2.00 bits per heavy atom. The highest BCUT2D eigenvalue weighted by atomic mass is 79.9. The van der Waals surface area contributed by atoms with Crippen LogP contribution in [0.15, 0.2) is 57.0 Å². The minimum atomic E-state index is -0.0571. The number of carbonyl (C=O) groups is 2. The van der Waals surface area contributed by atoms with Crippen LogP contribution < -0.4 is 5.32 Å². The van der Waals surface area contributed by atoms with Crippen molar-refractivity contribution in [2.75, 3.05) is 13.1 Å². The molecule has 0 spiro atoms. The predicted molar refractivity (Wildman–Crippen MR) is 114 cm³/mol. The van der Waals surface area contributed by atoms with E-state index in [1.807, 2.05) is 49.1 Å². The smallest absolute Gasteiger partial charge is 0.256 e.